The molecular weight excluding hydrogens is 310 g/mol. The third-order valence-corrected chi connectivity index (χ3v) is 3.95. The van der Waals surface area contributed by atoms with Crippen molar-refractivity contribution < 1.29 is 4.79 Å². The van der Waals surface area contributed by atoms with Gasteiger partial charge >= 0.3 is 0 Å². The molecule has 0 unspecified atom stereocenters. The zero-order valence-corrected chi connectivity index (χ0v) is 13.4. The van der Waals surface area contributed by atoms with Crippen LogP contribution >= 0.6 is 27.7 Å². The van der Waals surface area contributed by atoms with Crippen LogP contribution in [-0.4, -0.2) is 42.8 Å². The maximum absolute atomic E-state index is 12.0. The fraction of sp³-hybridized carbons (Fsp3) is 0.500. The largest absolute Gasteiger partial charge is 0.306 e. The summed E-state index contributed by atoms with van der Waals surface area (Å²) in [6, 6.07) is 7.60. The van der Waals surface area contributed by atoms with Crippen LogP contribution in [0.1, 0.15) is 23.2 Å². The van der Waals surface area contributed by atoms with Crippen molar-refractivity contribution in [1.29, 1.82) is 0 Å². The van der Waals surface area contributed by atoms with E-state index in [1.54, 1.807) is 0 Å². The minimum absolute atomic E-state index is 0.216. The molecule has 0 aliphatic heterocycles. The quantitative estimate of drug-likeness (QED) is 0.535. The van der Waals surface area contributed by atoms with Crippen molar-refractivity contribution in [1.82, 2.24) is 4.90 Å². The molecule has 0 atom stereocenters. The van der Waals surface area contributed by atoms with Gasteiger partial charge in [-0.2, -0.15) is 11.8 Å². The first-order valence-corrected chi connectivity index (χ1v) is 8.28. The van der Waals surface area contributed by atoms with E-state index in [0.29, 0.717) is 6.42 Å². The Balaban J connectivity index is 2.32. The third-order valence-electron chi connectivity index (χ3n) is 2.76. The number of carbonyl (C=O) groups is 1. The minimum atomic E-state index is 0.216. The van der Waals surface area contributed by atoms with Crippen LogP contribution in [0.25, 0.3) is 0 Å². The van der Waals surface area contributed by atoms with Crippen LogP contribution in [0.5, 0.6) is 0 Å². The van der Waals surface area contributed by atoms with E-state index >= 15 is 0 Å². The standard InChI is InChI=1S/C14H20BrNOS/c1-16(8-4-10-18-2)9-7-14(17)12-5-3-6-13(15)11-12/h3,5-6,11H,4,7-10H2,1-2H3. The van der Waals surface area contributed by atoms with Crippen LogP contribution in [0.15, 0.2) is 28.7 Å². The lowest BCUT2D eigenvalue weighted by Gasteiger charge is -2.15. The number of halogens is 1. The Morgan fingerprint density at radius 2 is 2.17 bits per heavy atom. The molecule has 4 heteroatoms. The summed E-state index contributed by atoms with van der Waals surface area (Å²) in [6.45, 7) is 1.90. The second-order valence-electron chi connectivity index (χ2n) is 4.33. The van der Waals surface area contributed by atoms with E-state index < -0.39 is 0 Å². The van der Waals surface area contributed by atoms with Crippen molar-refractivity contribution in [2.45, 2.75) is 12.8 Å². The van der Waals surface area contributed by atoms with Gasteiger partial charge in [0.25, 0.3) is 0 Å². The molecule has 1 aromatic carbocycles. The predicted molar refractivity (Wildman–Crippen MR) is 83.6 cm³/mol. The molecule has 0 heterocycles. The van der Waals surface area contributed by atoms with Crippen molar-refractivity contribution >= 4 is 33.5 Å². The van der Waals surface area contributed by atoms with E-state index in [1.165, 1.54) is 12.2 Å². The van der Waals surface area contributed by atoms with Gasteiger partial charge in [0.1, 0.15) is 0 Å². The normalized spacial score (nSPS) is 10.9. The molecule has 1 rings (SSSR count). The highest BCUT2D eigenvalue weighted by molar-refractivity contribution is 9.10. The third kappa shape index (κ3) is 6.03. The number of Topliss-reactive ketones (excluding diaryl/α,β-unsaturated/α-hetero) is 1. The monoisotopic (exact) mass is 329 g/mol. The average Bonchev–Trinajstić information content (AvgIpc) is 2.36. The second kappa shape index (κ2) is 8.73. The van der Waals surface area contributed by atoms with Crippen LogP contribution in [0.3, 0.4) is 0 Å². The summed E-state index contributed by atoms with van der Waals surface area (Å²) >= 11 is 5.26. The lowest BCUT2D eigenvalue weighted by atomic mass is 10.1. The van der Waals surface area contributed by atoms with Crippen LogP contribution in [-0.2, 0) is 0 Å². The van der Waals surface area contributed by atoms with E-state index in [2.05, 4.69) is 34.1 Å². The molecule has 2 nitrogen and oxygen atoms in total. The van der Waals surface area contributed by atoms with Crippen molar-refractivity contribution in [3.63, 3.8) is 0 Å². The maximum atomic E-state index is 12.0. The SMILES string of the molecule is CSCCCN(C)CCC(=O)c1cccc(Br)c1. The van der Waals surface area contributed by atoms with E-state index in [0.717, 1.165) is 23.1 Å². The molecule has 0 bridgehead atoms. The van der Waals surface area contributed by atoms with Crippen LogP contribution in [0.2, 0.25) is 0 Å². The molecule has 0 aromatic heterocycles. The first-order chi connectivity index (χ1) is 8.63. The molecule has 0 aliphatic rings. The van der Waals surface area contributed by atoms with Gasteiger partial charge in [0.2, 0.25) is 0 Å². The van der Waals surface area contributed by atoms with E-state index in [-0.39, 0.29) is 5.78 Å². The summed E-state index contributed by atoms with van der Waals surface area (Å²) in [5, 5.41) is 0. The van der Waals surface area contributed by atoms with E-state index in [4.69, 9.17) is 0 Å². The molecule has 0 fully saturated rings. The molecule has 0 radical (unpaired) electrons. The highest BCUT2D eigenvalue weighted by atomic mass is 79.9. The summed E-state index contributed by atoms with van der Waals surface area (Å²) in [4.78, 5) is 14.2. The van der Waals surface area contributed by atoms with Crippen molar-refractivity contribution in [3.8, 4) is 0 Å². The molecular formula is C14H20BrNOS. The Bertz CT molecular complexity index is 384. The summed E-state index contributed by atoms with van der Waals surface area (Å²) in [6.07, 6.45) is 3.89. The fourth-order valence-corrected chi connectivity index (χ4v) is 2.51. The molecule has 0 spiro atoms. The van der Waals surface area contributed by atoms with Gasteiger partial charge in [-0.1, -0.05) is 28.1 Å². The molecule has 100 valence electrons. The van der Waals surface area contributed by atoms with Gasteiger partial charge in [0, 0.05) is 23.0 Å². The van der Waals surface area contributed by atoms with Gasteiger partial charge in [-0.15, -0.1) is 0 Å². The molecule has 1 aromatic rings. The molecule has 0 saturated carbocycles. The molecule has 0 amide bonds. The van der Waals surface area contributed by atoms with Crippen LogP contribution in [0, 0.1) is 0 Å². The minimum Gasteiger partial charge on any atom is -0.306 e. The van der Waals surface area contributed by atoms with Crippen molar-refractivity contribution in [2.24, 2.45) is 0 Å². The number of nitrogens with zero attached hydrogens (tertiary/aromatic N) is 1. The van der Waals surface area contributed by atoms with E-state index in [1.807, 2.05) is 36.0 Å². The van der Waals surface area contributed by atoms with E-state index in [9.17, 15) is 4.79 Å². The predicted octanol–water partition coefficient (Wildman–Crippen LogP) is 3.71. The Hall–Kier alpha value is -0.320. The first kappa shape index (κ1) is 15.7. The first-order valence-electron chi connectivity index (χ1n) is 6.09. The van der Waals surface area contributed by atoms with Gasteiger partial charge in [-0.3, -0.25) is 4.79 Å². The zero-order chi connectivity index (χ0) is 13.4. The number of rotatable bonds is 8. The van der Waals surface area contributed by atoms with Gasteiger partial charge in [-0.25, -0.2) is 0 Å². The fourth-order valence-electron chi connectivity index (χ4n) is 1.69. The number of hydrogen-bond donors (Lipinski definition) is 0. The Morgan fingerprint density at radius 1 is 1.39 bits per heavy atom. The Labute approximate surface area is 122 Å². The van der Waals surface area contributed by atoms with Gasteiger partial charge < -0.3 is 4.90 Å². The average molecular weight is 330 g/mol. The summed E-state index contributed by atoms with van der Waals surface area (Å²) < 4.78 is 0.960. The summed E-state index contributed by atoms with van der Waals surface area (Å²) in [7, 11) is 2.08. The van der Waals surface area contributed by atoms with Gasteiger partial charge in [-0.05, 0) is 44.2 Å². The second-order valence-corrected chi connectivity index (χ2v) is 6.23. The van der Waals surface area contributed by atoms with Crippen LogP contribution in [0.4, 0.5) is 0 Å². The lowest BCUT2D eigenvalue weighted by molar-refractivity contribution is 0.0969. The zero-order valence-electron chi connectivity index (χ0n) is 11.0. The molecule has 0 saturated heterocycles. The number of ketones is 1. The highest BCUT2D eigenvalue weighted by Crippen LogP contribution is 2.13. The lowest BCUT2D eigenvalue weighted by Crippen LogP contribution is -2.23. The highest BCUT2D eigenvalue weighted by Gasteiger charge is 2.07. The number of carbonyl (C=O) groups excluding carboxylic acids is 1. The van der Waals surface area contributed by atoms with Gasteiger partial charge in [0.15, 0.2) is 5.78 Å². The molecule has 0 N–H and O–H groups in total. The molecule has 18 heavy (non-hydrogen) atoms. The van der Waals surface area contributed by atoms with Gasteiger partial charge in [0.05, 0.1) is 0 Å². The smallest absolute Gasteiger partial charge is 0.164 e. The Morgan fingerprint density at radius 3 is 2.83 bits per heavy atom. The summed E-state index contributed by atoms with van der Waals surface area (Å²) in [5.74, 6) is 1.40. The Kier molecular flexibility index (Phi) is 7.63. The maximum Gasteiger partial charge on any atom is 0.164 e. The number of hydrogen-bond acceptors (Lipinski definition) is 3. The van der Waals surface area contributed by atoms with Crippen molar-refractivity contribution in [3.05, 3.63) is 34.3 Å². The van der Waals surface area contributed by atoms with Crippen molar-refractivity contribution in [2.75, 3.05) is 32.1 Å². The summed E-state index contributed by atoms with van der Waals surface area (Å²) in [5.41, 5.74) is 0.793. The topological polar surface area (TPSA) is 20.3 Å². The number of thioether (sulfide) groups is 1. The number of benzene rings is 1. The molecule has 0 aliphatic carbocycles. The van der Waals surface area contributed by atoms with Crippen LogP contribution < -0.4 is 0 Å².